The van der Waals surface area contributed by atoms with Gasteiger partial charge in [-0.1, -0.05) is 13.0 Å². The van der Waals surface area contributed by atoms with Crippen molar-refractivity contribution in [2.24, 2.45) is 7.05 Å². The van der Waals surface area contributed by atoms with Crippen LogP contribution in [-0.2, 0) is 18.3 Å². The summed E-state index contributed by atoms with van der Waals surface area (Å²) >= 11 is 0. The number of rotatable bonds is 4. The van der Waals surface area contributed by atoms with Crippen LogP contribution in [0.3, 0.4) is 0 Å². The molecular weight excluding hydrogens is 244 g/mol. The van der Waals surface area contributed by atoms with Crippen LogP contribution in [0.4, 0.5) is 0 Å². The monoisotopic (exact) mass is 262 g/mol. The lowest BCUT2D eigenvalue weighted by molar-refractivity contribution is -0.121. The van der Waals surface area contributed by atoms with Crippen molar-refractivity contribution in [3.63, 3.8) is 0 Å². The van der Waals surface area contributed by atoms with Gasteiger partial charge in [-0.15, -0.1) is 0 Å². The summed E-state index contributed by atoms with van der Waals surface area (Å²) in [4.78, 5) is 23.2. The molecule has 1 aromatic heterocycles. The van der Waals surface area contributed by atoms with Crippen LogP contribution in [0.15, 0.2) is 27.4 Å². The maximum Gasteiger partial charge on any atom is 0.419 e. The minimum absolute atomic E-state index is 0.0119. The first-order chi connectivity index (χ1) is 9.01. The summed E-state index contributed by atoms with van der Waals surface area (Å²) in [6, 6.07) is 5.52. The number of amides is 1. The SMILES string of the molecule is CCC(C)NC(=O)Cc1ccc2oc(=O)n(C)c2c1. The molecule has 0 aliphatic carbocycles. The van der Waals surface area contributed by atoms with E-state index in [-0.39, 0.29) is 11.9 Å². The number of oxazole rings is 1. The van der Waals surface area contributed by atoms with Crippen molar-refractivity contribution in [2.45, 2.75) is 32.7 Å². The first-order valence-electron chi connectivity index (χ1n) is 6.39. The van der Waals surface area contributed by atoms with E-state index in [4.69, 9.17) is 4.42 Å². The summed E-state index contributed by atoms with van der Waals surface area (Å²) < 4.78 is 6.48. The lowest BCUT2D eigenvalue weighted by Crippen LogP contribution is -2.33. The minimum atomic E-state index is -0.392. The molecule has 5 heteroatoms. The van der Waals surface area contributed by atoms with Crippen molar-refractivity contribution in [1.29, 1.82) is 0 Å². The van der Waals surface area contributed by atoms with Crippen LogP contribution >= 0.6 is 0 Å². The third-order valence-corrected chi connectivity index (χ3v) is 3.24. The molecule has 5 nitrogen and oxygen atoms in total. The number of hydrogen-bond donors (Lipinski definition) is 1. The molecule has 1 unspecified atom stereocenters. The fourth-order valence-electron chi connectivity index (χ4n) is 1.90. The van der Waals surface area contributed by atoms with Gasteiger partial charge in [0, 0.05) is 13.1 Å². The molecule has 0 saturated heterocycles. The molecule has 0 aliphatic rings. The summed E-state index contributed by atoms with van der Waals surface area (Å²) in [6.45, 7) is 4.00. The van der Waals surface area contributed by atoms with E-state index >= 15 is 0 Å². The zero-order valence-electron chi connectivity index (χ0n) is 11.4. The standard InChI is InChI=1S/C14H18N2O3/c1-4-9(2)15-13(17)8-10-5-6-12-11(7-10)16(3)14(18)19-12/h5-7,9H,4,8H2,1-3H3,(H,15,17). The maximum atomic E-state index is 11.8. The van der Waals surface area contributed by atoms with Crippen LogP contribution in [0.5, 0.6) is 0 Å². The fraction of sp³-hybridized carbons (Fsp3) is 0.429. The van der Waals surface area contributed by atoms with E-state index < -0.39 is 5.76 Å². The van der Waals surface area contributed by atoms with Gasteiger partial charge in [-0.05, 0) is 31.0 Å². The number of benzene rings is 1. The number of aryl methyl sites for hydroxylation is 1. The van der Waals surface area contributed by atoms with E-state index in [9.17, 15) is 9.59 Å². The summed E-state index contributed by atoms with van der Waals surface area (Å²) in [5.74, 6) is -0.404. The van der Waals surface area contributed by atoms with Crippen molar-refractivity contribution in [2.75, 3.05) is 0 Å². The number of nitrogens with one attached hydrogen (secondary N) is 1. The second-order valence-electron chi connectivity index (χ2n) is 4.78. The molecule has 1 amide bonds. The zero-order valence-corrected chi connectivity index (χ0v) is 11.4. The molecule has 1 N–H and O–H groups in total. The number of aromatic nitrogens is 1. The highest BCUT2D eigenvalue weighted by atomic mass is 16.4. The molecule has 0 fully saturated rings. The number of fused-ring (bicyclic) bond motifs is 1. The summed E-state index contributed by atoms with van der Waals surface area (Å²) in [5.41, 5.74) is 2.11. The largest absolute Gasteiger partial charge is 0.419 e. The van der Waals surface area contributed by atoms with E-state index in [0.29, 0.717) is 17.5 Å². The molecule has 0 spiro atoms. The lowest BCUT2D eigenvalue weighted by Gasteiger charge is -2.11. The van der Waals surface area contributed by atoms with E-state index in [0.717, 1.165) is 12.0 Å². The second-order valence-corrected chi connectivity index (χ2v) is 4.78. The van der Waals surface area contributed by atoms with Crippen LogP contribution < -0.4 is 11.1 Å². The number of nitrogens with zero attached hydrogens (tertiary/aromatic N) is 1. The van der Waals surface area contributed by atoms with E-state index in [1.807, 2.05) is 26.0 Å². The zero-order chi connectivity index (χ0) is 14.0. The normalized spacial score (nSPS) is 12.6. The van der Waals surface area contributed by atoms with Crippen molar-refractivity contribution < 1.29 is 9.21 Å². The van der Waals surface area contributed by atoms with E-state index in [2.05, 4.69) is 5.32 Å². The molecule has 1 aromatic carbocycles. The third kappa shape index (κ3) is 2.86. The Kier molecular flexibility index (Phi) is 3.74. The molecule has 0 saturated carbocycles. The molecule has 102 valence electrons. The Morgan fingerprint density at radius 2 is 2.21 bits per heavy atom. The van der Waals surface area contributed by atoms with Gasteiger partial charge in [0.2, 0.25) is 5.91 Å². The molecule has 0 radical (unpaired) electrons. The van der Waals surface area contributed by atoms with E-state index in [1.165, 1.54) is 4.57 Å². The van der Waals surface area contributed by atoms with Crippen molar-refractivity contribution >= 4 is 17.0 Å². The summed E-state index contributed by atoms with van der Waals surface area (Å²) in [5, 5.41) is 2.92. The summed E-state index contributed by atoms with van der Waals surface area (Å²) in [6.07, 6.45) is 1.21. The Morgan fingerprint density at radius 3 is 2.89 bits per heavy atom. The van der Waals surface area contributed by atoms with Crippen LogP contribution in [0.2, 0.25) is 0 Å². The van der Waals surface area contributed by atoms with Gasteiger partial charge in [0.05, 0.1) is 11.9 Å². The third-order valence-electron chi connectivity index (χ3n) is 3.24. The van der Waals surface area contributed by atoms with Gasteiger partial charge in [0.15, 0.2) is 5.58 Å². The Labute approximate surface area is 111 Å². The van der Waals surface area contributed by atoms with Gasteiger partial charge < -0.3 is 9.73 Å². The average molecular weight is 262 g/mol. The second kappa shape index (κ2) is 5.30. The number of carbonyl (C=O) groups is 1. The highest BCUT2D eigenvalue weighted by molar-refractivity contribution is 5.81. The molecule has 1 atom stereocenters. The summed E-state index contributed by atoms with van der Waals surface area (Å²) in [7, 11) is 1.65. The van der Waals surface area contributed by atoms with Gasteiger partial charge in [0.25, 0.3) is 0 Å². The maximum absolute atomic E-state index is 11.8. The number of carbonyl (C=O) groups excluding carboxylic acids is 1. The first kappa shape index (κ1) is 13.4. The van der Waals surface area contributed by atoms with Crippen molar-refractivity contribution in [3.05, 3.63) is 34.3 Å². The topological polar surface area (TPSA) is 64.2 Å². The Morgan fingerprint density at radius 1 is 1.47 bits per heavy atom. The quantitative estimate of drug-likeness (QED) is 0.910. The van der Waals surface area contributed by atoms with Crippen LogP contribution in [0, 0.1) is 0 Å². The van der Waals surface area contributed by atoms with E-state index in [1.54, 1.807) is 13.1 Å². The molecular formula is C14H18N2O3. The van der Waals surface area contributed by atoms with Crippen molar-refractivity contribution in [3.8, 4) is 0 Å². The molecule has 0 aliphatic heterocycles. The van der Waals surface area contributed by atoms with Gasteiger partial charge in [-0.3, -0.25) is 9.36 Å². The van der Waals surface area contributed by atoms with Gasteiger partial charge in [-0.25, -0.2) is 4.79 Å². The fourth-order valence-corrected chi connectivity index (χ4v) is 1.90. The van der Waals surface area contributed by atoms with Gasteiger partial charge in [0.1, 0.15) is 0 Å². The Balaban J connectivity index is 2.19. The highest BCUT2D eigenvalue weighted by Gasteiger charge is 2.10. The van der Waals surface area contributed by atoms with Crippen LogP contribution in [0.25, 0.3) is 11.1 Å². The molecule has 2 rings (SSSR count). The molecule has 0 bridgehead atoms. The highest BCUT2D eigenvalue weighted by Crippen LogP contribution is 2.14. The Hall–Kier alpha value is -2.04. The predicted octanol–water partition coefficient (Wildman–Crippen LogP) is 1.59. The molecule has 19 heavy (non-hydrogen) atoms. The lowest BCUT2D eigenvalue weighted by atomic mass is 10.1. The smallest absolute Gasteiger partial charge is 0.408 e. The number of hydrogen-bond acceptors (Lipinski definition) is 3. The van der Waals surface area contributed by atoms with Gasteiger partial charge >= 0.3 is 5.76 Å². The average Bonchev–Trinajstić information content (AvgIpc) is 2.65. The molecule has 2 aromatic rings. The predicted molar refractivity (Wildman–Crippen MR) is 73.1 cm³/mol. The first-order valence-corrected chi connectivity index (χ1v) is 6.39. The minimum Gasteiger partial charge on any atom is -0.408 e. The van der Waals surface area contributed by atoms with Crippen molar-refractivity contribution in [1.82, 2.24) is 9.88 Å². The van der Waals surface area contributed by atoms with Crippen LogP contribution in [0.1, 0.15) is 25.8 Å². The Bertz CT molecular complexity index is 654. The molecule has 1 heterocycles. The van der Waals surface area contributed by atoms with Gasteiger partial charge in [-0.2, -0.15) is 0 Å². The van der Waals surface area contributed by atoms with Crippen LogP contribution in [-0.4, -0.2) is 16.5 Å².